The van der Waals surface area contributed by atoms with Gasteiger partial charge in [0.1, 0.15) is 11.5 Å². The Labute approximate surface area is 186 Å². The van der Waals surface area contributed by atoms with Crippen LogP contribution in [0, 0.1) is 5.41 Å². The highest BCUT2D eigenvalue weighted by atomic mass is 19.4. The minimum Gasteiger partial charge on any atom is -0.384 e. The van der Waals surface area contributed by atoms with Gasteiger partial charge in [0.25, 0.3) is 11.8 Å². The van der Waals surface area contributed by atoms with Crippen molar-refractivity contribution in [3.05, 3.63) is 70.9 Å². The van der Waals surface area contributed by atoms with E-state index >= 15 is 0 Å². The van der Waals surface area contributed by atoms with Crippen LogP contribution < -0.4 is 5.73 Å². The van der Waals surface area contributed by atoms with Gasteiger partial charge in [-0.15, -0.1) is 0 Å². The number of benzene rings is 2. The molecule has 33 heavy (non-hydrogen) atoms. The van der Waals surface area contributed by atoms with Crippen LogP contribution in [0.2, 0.25) is 0 Å². The molecule has 2 heterocycles. The first-order valence-electron chi connectivity index (χ1n) is 10.3. The van der Waals surface area contributed by atoms with E-state index in [-0.39, 0.29) is 31.2 Å². The van der Waals surface area contributed by atoms with Crippen LogP contribution in [0.4, 0.5) is 22.0 Å². The predicted octanol–water partition coefficient (Wildman–Crippen LogP) is 4.86. The van der Waals surface area contributed by atoms with Gasteiger partial charge in [-0.25, -0.2) is 8.78 Å². The fraction of sp³-hybridized carbons (Fsp3) is 0.304. The number of nitrogens with two attached hydrogens (primary N) is 1. The summed E-state index contributed by atoms with van der Waals surface area (Å²) in [5.74, 6) is -3.41. The minimum atomic E-state index is -4.47. The maximum absolute atomic E-state index is 13.6. The second-order valence-corrected chi connectivity index (χ2v) is 8.15. The molecule has 5 nitrogen and oxygen atoms in total. The first-order chi connectivity index (χ1) is 15.4. The Morgan fingerprint density at radius 3 is 2.24 bits per heavy atom. The number of halogens is 5. The van der Waals surface area contributed by atoms with E-state index in [9.17, 15) is 26.7 Å². The molecule has 0 unspecified atom stereocenters. The van der Waals surface area contributed by atoms with Gasteiger partial charge in [-0.1, -0.05) is 24.3 Å². The van der Waals surface area contributed by atoms with Crippen LogP contribution in [0.1, 0.15) is 40.0 Å². The molecule has 0 spiro atoms. The van der Waals surface area contributed by atoms with E-state index in [1.54, 1.807) is 28.8 Å². The molecule has 1 aliphatic rings. The summed E-state index contributed by atoms with van der Waals surface area (Å²) < 4.78 is 67.5. The van der Waals surface area contributed by atoms with Crippen molar-refractivity contribution in [2.45, 2.75) is 31.5 Å². The molecule has 1 amide bonds. The number of fused-ring (bicyclic) bond motifs is 1. The first kappa shape index (κ1) is 22.8. The lowest BCUT2D eigenvalue weighted by Gasteiger charge is -2.32. The lowest BCUT2D eigenvalue weighted by molar-refractivity contribution is -0.137. The molecule has 10 heteroatoms. The van der Waals surface area contributed by atoms with Crippen molar-refractivity contribution < 1.29 is 26.7 Å². The molecule has 3 N–H and O–H groups in total. The number of alkyl halides is 5. The summed E-state index contributed by atoms with van der Waals surface area (Å²) in [5.41, 5.74) is 6.55. The van der Waals surface area contributed by atoms with Crippen LogP contribution in [0.5, 0.6) is 0 Å². The van der Waals surface area contributed by atoms with Crippen molar-refractivity contribution in [1.82, 2.24) is 9.47 Å². The zero-order valence-electron chi connectivity index (χ0n) is 17.4. The third-order valence-corrected chi connectivity index (χ3v) is 5.84. The number of hydrogen-bond donors (Lipinski definition) is 2. The molecule has 2 aromatic carbocycles. The van der Waals surface area contributed by atoms with E-state index in [4.69, 9.17) is 11.1 Å². The number of likely N-dealkylation sites (tertiary alicyclic amines) is 1. The molecule has 1 fully saturated rings. The Bertz CT molecular complexity index is 1200. The van der Waals surface area contributed by atoms with Crippen molar-refractivity contribution in [2.75, 3.05) is 13.1 Å². The average molecular weight is 464 g/mol. The quantitative estimate of drug-likeness (QED) is 0.329. The molecule has 0 bridgehead atoms. The van der Waals surface area contributed by atoms with Gasteiger partial charge in [0.2, 0.25) is 0 Å². The Hall–Kier alpha value is -3.43. The van der Waals surface area contributed by atoms with Gasteiger partial charge in [0.05, 0.1) is 5.56 Å². The van der Waals surface area contributed by atoms with Crippen LogP contribution in [0.25, 0.3) is 10.9 Å². The molecule has 0 saturated carbocycles. The number of aromatic nitrogens is 1. The second kappa shape index (κ2) is 8.17. The molecule has 1 aromatic heterocycles. The van der Waals surface area contributed by atoms with Crippen LogP contribution in [-0.4, -0.2) is 40.2 Å². The van der Waals surface area contributed by atoms with Crippen molar-refractivity contribution in [2.24, 2.45) is 5.73 Å². The van der Waals surface area contributed by atoms with E-state index in [2.05, 4.69) is 0 Å². The summed E-state index contributed by atoms with van der Waals surface area (Å²) in [4.78, 5) is 14.6. The monoisotopic (exact) mass is 464 g/mol. The summed E-state index contributed by atoms with van der Waals surface area (Å²) >= 11 is 0. The van der Waals surface area contributed by atoms with Crippen molar-refractivity contribution in [3.8, 4) is 0 Å². The zero-order chi connectivity index (χ0) is 24.0. The van der Waals surface area contributed by atoms with Gasteiger partial charge in [0, 0.05) is 48.9 Å². The summed E-state index contributed by atoms with van der Waals surface area (Å²) in [7, 11) is 0. The van der Waals surface area contributed by atoms with Crippen molar-refractivity contribution in [3.63, 3.8) is 0 Å². The number of carbonyl (C=O) groups excluding carboxylic acids is 1. The third-order valence-electron chi connectivity index (χ3n) is 5.84. The number of amides is 1. The topological polar surface area (TPSA) is 75.1 Å². The Balaban J connectivity index is 1.74. The number of carbonyl (C=O) groups is 1. The number of nitrogens with zero attached hydrogens (tertiary/aromatic N) is 2. The van der Waals surface area contributed by atoms with Gasteiger partial charge in [-0.05, 0) is 29.8 Å². The highest BCUT2D eigenvalue weighted by Crippen LogP contribution is 2.31. The predicted molar refractivity (Wildman–Crippen MR) is 114 cm³/mol. The Kier molecular flexibility index (Phi) is 5.63. The fourth-order valence-electron chi connectivity index (χ4n) is 3.95. The second-order valence-electron chi connectivity index (χ2n) is 8.15. The molecule has 0 atom stereocenters. The number of hydrogen-bond acceptors (Lipinski definition) is 2. The molecule has 0 radical (unpaired) electrons. The summed E-state index contributed by atoms with van der Waals surface area (Å²) in [6, 6.07) is 11.2. The summed E-state index contributed by atoms with van der Waals surface area (Å²) in [6.45, 7) is -0.104. The smallest absolute Gasteiger partial charge is 0.384 e. The van der Waals surface area contributed by atoms with E-state index in [1.807, 2.05) is 0 Å². The highest BCUT2D eigenvalue weighted by molar-refractivity contribution is 6.02. The van der Waals surface area contributed by atoms with Crippen LogP contribution in [-0.2, 0) is 12.7 Å². The average Bonchev–Trinajstić information content (AvgIpc) is 3.10. The normalized spacial score (nSPS) is 16.2. The zero-order valence-corrected chi connectivity index (χ0v) is 17.4. The largest absolute Gasteiger partial charge is 0.416 e. The van der Waals surface area contributed by atoms with Crippen molar-refractivity contribution in [1.29, 1.82) is 5.41 Å². The van der Waals surface area contributed by atoms with Crippen LogP contribution in [0.3, 0.4) is 0 Å². The van der Waals surface area contributed by atoms with Gasteiger partial charge < -0.3 is 15.2 Å². The van der Waals surface area contributed by atoms with Crippen LogP contribution in [0.15, 0.2) is 48.5 Å². The van der Waals surface area contributed by atoms with E-state index in [0.29, 0.717) is 22.0 Å². The lowest BCUT2D eigenvalue weighted by atomic mass is 10.1. The summed E-state index contributed by atoms with van der Waals surface area (Å²) in [6.07, 6.45) is -5.31. The maximum Gasteiger partial charge on any atom is 0.416 e. The number of nitrogens with one attached hydrogen (secondary N) is 1. The molecule has 1 aliphatic heterocycles. The summed E-state index contributed by atoms with van der Waals surface area (Å²) in [5, 5.41) is 8.35. The van der Waals surface area contributed by atoms with Gasteiger partial charge in [-0.2, -0.15) is 13.2 Å². The Morgan fingerprint density at radius 1 is 1.03 bits per heavy atom. The third kappa shape index (κ3) is 4.69. The van der Waals surface area contributed by atoms with Crippen molar-refractivity contribution >= 4 is 22.6 Å². The molecule has 0 aliphatic carbocycles. The Morgan fingerprint density at radius 2 is 1.67 bits per heavy atom. The molecule has 4 rings (SSSR count). The molecule has 174 valence electrons. The molecular formula is C23H21F5N4O. The van der Waals surface area contributed by atoms with E-state index in [1.165, 1.54) is 17.0 Å². The standard InChI is InChI=1S/C23H21F5N4O/c24-22(25)7-9-31(10-8-22)21(33)19-11-15-3-4-16(20(29)30)12-18(15)32(19)13-14-1-5-17(6-2-14)23(26,27)28/h1-6,11-12H,7-10,13H2,(H3,29,30). The lowest BCUT2D eigenvalue weighted by Crippen LogP contribution is -2.43. The number of amidine groups is 1. The first-order valence-corrected chi connectivity index (χ1v) is 10.3. The SMILES string of the molecule is N=C(N)c1ccc2cc(C(=O)N3CCC(F)(F)CC3)n(Cc3ccc(C(F)(F)F)cc3)c2c1. The van der Waals surface area contributed by atoms with Gasteiger partial charge >= 0.3 is 6.18 Å². The highest BCUT2D eigenvalue weighted by Gasteiger charge is 2.36. The van der Waals surface area contributed by atoms with Crippen LogP contribution >= 0.6 is 0 Å². The number of nitrogen functional groups attached to an aromatic ring is 1. The van der Waals surface area contributed by atoms with Gasteiger partial charge in [0.15, 0.2) is 0 Å². The molecular weight excluding hydrogens is 443 g/mol. The minimum absolute atomic E-state index is 0.0774. The van der Waals surface area contributed by atoms with E-state index < -0.39 is 36.4 Å². The molecule has 3 aromatic rings. The van der Waals surface area contributed by atoms with Gasteiger partial charge in [-0.3, -0.25) is 10.2 Å². The number of piperidine rings is 1. The fourth-order valence-corrected chi connectivity index (χ4v) is 3.95. The maximum atomic E-state index is 13.6. The molecule has 1 saturated heterocycles. The number of rotatable bonds is 4. The van der Waals surface area contributed by atoms with E-state index in [0.717, 1.165) is 12.1 Å².